The van der Waals surface area contributed by atoms with Crippen molar-refractivity contribution in [2.75, 3.05) is 0 Å². The Morgan fingerprint density at radius 1 is 0.909 bits per heavy atom. The summed E-state index contributed by atoms with van der Waals surface area (Å²) >= 11 is 3.50. The maximum Gasteiger partial charge on any atom is 0.188 e. The van der Waals surface area contributed by atoms with Gasteiger partial charge in [-0.15, -0.1) is 0 Å². The van der Waals surface area contributed by atoms with Gasteiger partial charge < -0.3 is 5.32 Å². The number of rotatable bonds is 3. The first-order valence-corrected chi connectivity index (χ1v) is 12.1. The smallest absolute Gasteiger partial charge is 0.188 e. The topological polar surface area (TPSA) is 29.1 Å². The Morgan fingerprint density at radius 3 is 2.21 bits per heavy atom. The minimum Gasteiger partial charge on any atom is -0.358 e. The largest absolute Gasteiger partial charge is 0.358 e. The van der Waals surface area contributed by atoms with Gasteiger partial charge >= 0.3 is 0 Å². The highest BCUT2D eigenvalue weighted by molar-refractivity contribution is 9.10. The molecule has 0 spiro atoms. The number of halogens is 1. The first-order chi connectivity index (χ1) is 15.9. The van der Waals surface area contributed by atoms with Crippen molar-refractivity contribution in [1.82, 2.24) is 5.32 Å². The zero-order chi connectivity index (χ0) is 23.0. The number of carbonyl (C=O) groups is 1. The van der Waals surface area contributed by atoms with E-state index in [1.807, 2.05) is 60.7 Å². The number of Topliss-reactive ketones (excluding diaryl/α,β-unsaturated/α-hetero) is 1. The summed E-state index contributed by atoms with van der Waals surface area (Å²) in [6.45, 7) is 4.33. The summed E-state index contributed by atoms with van der Waals surface area (Å²) in [6.07, 6.45) is 5.05. The Bertz CT molecular complexity index is 1280. The van der Waals surface area contributed by atoms with Crippen LogP contribution in [0.25, 0.3) is 11.8 Å². The second kappa shape index (κ2) is 8.64. The maximum atomic E-state index is 14.1. The van der Waals surface area contributed by atoms with Crippen LogP contribution in [-0.4, -0.2) is 5.78 Å². The summed E-state index contributed by atoms with van der Waals surface area (Å²) in [4.78, 5) is 14.1. The van der Waals surface area contributed by atoms with Gasteiger partial charge in [0.2, 0.25) is 0 Å². The summed E-state index contributed by atoms with van der Waals surface area (Å²) in [5.74, 6) is 0.0449. The Morgan fingerprint density at radius 2 is 1.55 bits per heavy atom. The second-order valence-corrected chi connectivity index (χ2v) is 10.3. The van der Waals surface area contributed by atoms with Crippen molar-refractivity contribution in [3.05, 3.63) is 129 Å². The van der Waals surface area contributed by atoms with Crippen LogP contribution in [0.1, 0.15) is 42.9 Å². The van der Waals surface area contributed by atoms with Crippen LogP contribution in [-0.2, 0) is 4.79 Å². The zero-order valence-corrected chi connectivity index (χ0v) is 20.4. The first-order valence-electron chi connectivity index (χ1n) is 11.3. The van der Waals surface area contributed by atoms with E-state index in [1.165, 1.54) is 0 Å². The van der Waals surface area contributed by atoms with E-state index >= 15 is 0 Å². The lowest BCUT2D eigenvalue weighted by atomic mass is 9.67. The number of hydrogen-bond donors (Lipinski definition) is 1. The zero-order valence-electron chi connectivity index (χ0n) is 18.8. The van der Waals surface area contributed by atoms with Gasteiger partial charge in [-0.05, 0) is 52.8 Å². The minimum atomic E-state index is -0.281. The highest BCUT2D eigenvalue weighted by atomic mass is 79.9. The van der Waals surface area contributed by atoms with Gasteiger partial charge in [-0.3, -0.25) is 4.79 Å². The molecule has 5 rings (SSSR count). The van der Waals surface area contributed by atoms with Crippen molar-refractivity contribution >= 4 is 33.5 Å². The molecule has 3 aromatic carbocycles. The van der Waals surface area contributed by atoms with Crippen LogP contribution in [0.2, 0.25) is 0 Å². The van der Waals surface area contributed by atoms with Gasteiger partial charge in [0.15, 0.2) is 5.78 Å². The van der Waals surface area contributed by atoms with Crippen molar-refractivity contribution in [3.8, 4) is 0 Å². The molecule has 2 aliphatic rings. The molecule has 0 saturated carbocycles. The molecular formula is C30H26BrNO. The molecule has 1 aliphatic carbocycles. The predicted molar refractivity (Wildman–Crippen MR) is 139 cm³/mol. The van der Waals surface area contributed by atoms with Crippen LogP contribution < -0.4 is 5.32 Å². The molecule has 1 aliphatic heterocycles. The standard InChI is InChI=1S/C30H26BrNO/c1-30(2)19-27-28(29(33)25(30)17-20-13-15-23(31)16-14-20)24(21-9-5-3-6-10-21)18-26(32-27)22-11-7-4-8-12-22/h3-18,24,32H,19H2,1-2H3/b25-17+. The third-order valence-corrected chi connectivity index (χ3v) is 7.05. The molecule has 0 amide bonds. The molecule has 0 bridgehead atoms. The number of benzene rings is 3. The summed E-state index contributed by atoms with van der Waals surface area (Å²) < 4.78 is 1.03. The molecule has 0 saturated heterocycles. The third kappa shape index (κ3) is 4.26. The van der Waals surface area contributed by atoms with Crippen molar-refractivity contribution in [3.63, 3.8) is 0 Å². The molecule has 0 radical (unpaired) electrons. The fraction of sp³-hybridized carbons (Fsp3) is 0.167. The van der Waals surface area contributed by atoms with E-state index < -0.39 is 0 Å². The molecule has 3 aromatic rings. The van der Waals surface area contributed by atoms with Crippen LogP contribution in [0.15, 0.2) is 112 Å². The Balaban J connectivity index is 1.63. The van der Waals surface area contributed by atoms with Crippen molar-refractivity contribution < 1.29 is 4.79 Å². The number of nitrogens with one attached hydrogen (secondary N) is 1. The lowest BCUT2D eigenvalue weighted by Crippen LogP contribution is -2.37. The molecule has 3 heteroatoms. The summed E-state index contributed by atoms with van der Waals surface area (Å²) in [5, 5.41) is 3.64. The summed E-state index contributed by atoms with van der Waals surface area (Å²) in [7, 11) is 0. The van der Waals surface area contributed by atoms with E-state index in [0.29, 0.717) is 0 Å². The van der Waals surface area contributed by atoms with E-state index in [0.717, 1.165) is 50.1 Å². The van der Waals surface area contributed by atoms with Crippen molar-refractivity contribution in [2.45, 2.75) is 26.2 Å². The molecular weight excluding hydrogens is 470 g/mol. The average Bonchev–Trinajstić information content (AvgIpc) is 2.83. The second-order valence-electron chi connectivity index (χ2n) is 9.35. The molecule has 1 heterocycles. The fourth-order valence-corrected chi connectivity index (χ4v) is 5.08. The van der Waals surface area contributed by atoms with E-state index in [1.54, 1.807) is 0 Å². The van der Waals surface area contributed by atoms with Crippen molar-refractivity contribution in [2.24, 2.45) is 5.41 Å². The SMILES string of the molecule is CC1(C)CC2=C(C(=O)/C1=C\c1ccc(Br)cc1)C(c1ccccc1)C=C(c1ccccc1)N2. The van der Waals surface area contributed by atoms with Crippen LogP contribution in [0.4, 0.5) is 0 Å². The average molecular weight is 496 g/mol. The van der Waals surface area contributed by atoms with Gasteiger partial charge in [-0.2, -0.15) is 0 Å². The normalized spacial score (nSPS) is 20.8. The molecule has 33 heavy (non-hydrogen) atoms. The van der Waals surface area contributed by atoms with Gasteiger partial charge in [0, 0.05) is 32.9 Å². The van der Waals surface area contributed by atoms with Gasteiger partial charge in [0.05, 0.1) is 0 Å². The van der Waals surface area contributed by atoms with Crippen LogP contribution in [0, 0.1) is 5.41 Å². The van der Waals surface area contributed by atoms with Crippen LogP contribution in [0.3, 0.4) is 0 Å². The molecule has 1 N–H and O–H groups in total. The van der Waals surface area contributed by atoms with Crippen LogP contribution in [0.5, 0.6) is 0 Å². The molecule has 2 nitrogen and oxygen atoms in total. The van der Waals surface area contributed by atoms with Gasteiger partial charge in [0.1, 0.15) is 0 Å². The van der Waals surface area contributed by atoms with Gasteiger partial charge in [-0.1, -0.05) is 103 Å². The lowest BCUT2D eigenvalue weighted by molar-refractivity contribution is -0.113. The Kier molecular flexibility index (Phi) is 5.67. The summed E-state index contributed by atoms with van der Waals surface area (Å²) in [5.41, 5.74) is 6.85. The van der Waals surface area contributed by atoms with E-state index in [4.69, 9.17) is 0 Å². The Labute approximate surface area is 203 Å². The van der Waals surface area contributed by atoms with Gasteiger partial charge in [0.25, 0.3) is 0 Å². The molecule has 1 unspecified atom stereocenters. The van der Waals surface area contributed by atoms with E-state index in [2.05, 4.69) is 71.5 Å². The molecule has 1 atom stereocenters. The Hall–Kier alpha value is -3.17. The van der Waals surface area contributed by atoms with Crippen molar-refractivity contribution in [1.29, 1.82) is 0 Å². The number of ketones is 1. The molecule has 164 valence electrons. The molecule has 0 fully saturated rings. The predicted octanol–water partition coefficient (Wildman–Crippen LogP) is 7.51. The fourth-order valence-electron chi connectivity index (χ4n) is 4.81. The lowest BCUT2D eigenvalue weighted by Gasteiger charge is -2.40. The quantitative estimate of drug-likeness (QED) is 0.380. The van der Waals surface area contributed by atoms with E-state index in [9.17, 15) is 4.79 Å². The summed E-state index contributed by atoms with van der Waals surface area (Å²) in [6, 6.07) is 28.8. The van der Waals surface area contributed by atoms with Gasteiger partial charge in [-0.25, -0.2) is 0 Å². The first kappa shape index (κ1) is 21.7. The highest BCUT2D eigenvalue weighted by Crippen LogP contribution is 2.48. The monoisotopic (exact) mass is 495 g/mol. The molecule has 0 aromatic heterocycles. The number of allylic oxidation sites excluding steroid dienone is 4. The number of carbonyl (C=O) groups excluding carboxylic acids is 1. The van der Waals surface area contributed by atoms with Crippen LogP contribution >= 0.6 is 15.9 Å². The maximum absolute atomic E-state index is 14.1. The third-order valence-electron chi connectivity index (χ3n) is 6.52. The highest BCUT2D eigenvalue weighted by Gasteiger charge is 2.42. The minimum absolute atomic E-state index is 0.0884. The van der Waals surface area contributed by atoms with E-state index in [-0.39, 0.29) is 17.1 Å². The number of hydrogen-bond acceptors (Lipinski definition) is 2. The number of dihydropyridines is 1.